The van der Waals surface area contributed by atoms with Crippen LogP contribution in [0.2, 0.25) is 0 Å². The average Bonchev–Trinajstić information content (AvgIpc) is 2.70. The van der Waals surface area contributed by atoms with E-state index in [9.17, 15) is 19.2 Å². The van der Waals surface area contributed by atoms with Gasteiger partial charge < -0.3 is 21.3 Å². The number of hydrogen-bond donors (Lipinski definition) is 4. The molecule has 174 valence electrons. The van der Waals surface area contributed by atoms with Crippen molar-refractivity contribution >= 4 is 23.6 Å². The lowest BCUT2D eigenvalue weighted by Gasteiger charge is -2.02. The zero-order chi connectivity index (χ0) is 23.7. The molecule has 4 amide bonds. The Labute approximate surface area is 187 Å². The second kappa shape index (κ2) is 23.3. The maximum Gasteiger partial charge on any atom is 0.295 e. The molecule has 0 heterocycles. The predicted octanol–water partition coefficient (Wildman–Crippen LogP) is 1.25. The SMILES string of the molecule is CC#CC(=O)NCCCCCNC(C)=O.CC#CCNC(=O)CCCCCNC(C)=O. The van der Waals surface area contributed by atoms with Gasteiger partial charge in [0, 0.05) is 39.9 Å². The van der Waals surface area contributed by atoms with Crippen molar-refractivity contribution in [3.05, 3.63) is 0 Å². The van der Waals surface area contributed by atoms with Crippen LogP contribution in [-0.4, -0.2) is 49.8 Å². The largest absolute Gasteiger partial charge is 0.356 e. The van der Waals surface area contributed by atoms with Crippen LogP contribution in [0.5, 0.6) is 0 Å². The van der Waals surface area contributed by atoms with Gasteiger partial charge >= 0.3 is 0 Å². The van der Waals surface area contributed by atoms with Gasteiger partial charge in [-0.05, 0) is 51.9 Å². The summed E-state index contributed by atoms with van der Waals surface area (Å²) in [6.07, 6.45) is 6.09. The van der Waals surface area contributed by atoms with E-state index in [0.29, 0.717) is 32.6 Å². The summed E-state index contributed by atoms with van der Waals surface area (Å²) in [6, 6.07) is 0. The average molecular weight is 435 g/mol. The van der Waals surface area contributed by atoms with Crippen molar-refractivity contribution in [3.8, 4) is 23.7 Å². The summed E-state index contributed by atoms with van der Waals surface area (Å²) >= 11 is 0. The maximum atomic E-state index is 11.2. The third-order valence-electron chi connectivity index (χ3n) is 3.76. The van der Waals surface area contributed by atoms with Gasteiger partial charge in [-0.3, -0.25) is 19.2 Å². The zero-order valence-electron chi connectivity index (χ0n) is 19.4. The Bertz CT molecular complexity index is 654. The highest BCUT2D eigenvalue weighted by Crippen LogP contribution is 1.98. The molecule has 0 fully saturated rings. The number of amides is 4. The second-order valence-electron chi connectivity index (χ2n) is 6.67. The van der Waals surface area contributed by atoms with Crippen LogP contribution in [0.4, 0.5) is 0 Å². The highest BCUT2D eigenvalue weighted by Gasteiger charge is 1.99. The molecule has 31 heavy (non-hydrogen) atoms. The molecule has 0 aliphatic carbocycles. The first-order valence-electron chi connectivity index (χ1n) is 10.7. The molecule has 0 atom stereocenters. The lowest BCUT2D eigenvalue weighted by atomic mass is 10.2. The smallest absolute Gasteiger partial charge is 0.295 e. The first kappa shape index (κ1) is 30.2. The Morgan fingerprint density at radius 2 is 1.16 bits per heavy atom. The predicted molar refractivity (Wildman–Crippen MR) is 123 cm³/mol. The fourth-order valence-electron chi connectivity index (χ4n) is 2.22. The van der Waals surface area contributed by atoms with Crippen LogP contribution < -0.4 is 21.3 Å². The van der Waals surface area contributed by atoms with E-state index < -0.39 is 0 Å². The minimum absolute atomic E-state index is 0.00141. The van der Waals surface area contributed by atoms with Crippen LogP contribution in [-0.2, 0) is 19.2 Å². The van der Waals surface area contributed by atoms with Crippen LogP contribution >= 0.6 is 0 Å². The van der Waals surface area contributed by atoms with Crippen molar-refractivity contribution < 1.29 is 19.2 Å². The molecule has 0 aromatic heterocycles. The number of carbonyl (C=O) groups excluding carboxylic acids is 4. The van der Waals surface area contributed by atoms with Crippen molar-refractivity contribution in [2.45, 2.75) is 72.6 Å². The van der Waals surface area contributed by atoms with Crippen molar-refractivity contribution in [1.82, 2.24) is 21.3 Å². The van der Waals surface area contributed by atoms with Crippen LogP contribution in [0.1, 0.15) is 72.6 Å². The number of rotatable bonds is 13. The summed E-state index contributed by atoms with van der Waals surface area (Å²) < 4.78 is 0. The molecule has 4 N–H and O–H groups in total. The van der Waals surface area contributed by atoms with Gasteiger partial charge in [0.1, 0.15) is 0 Å². The van der Waals surface area contributed by atoms with E-state index in [2.05, 4.69) is 44.9 Å². The third-order valence-corrected chi connectivity index (χ3v) is 3.76. The van der Waals surface area contributed by atoms with E-state index in [0.717, 1.165) is 38.5 Å². The number of unbranched alkanes of at least 4 members (excludes halogenated alkanes) is 4. The van der Waals surface area contributed by atoms with Gasteiger partial charge in [-0.2, -0.15) is 0 Å². The lowest BCUT2D eigenvalue weighted by Crippen LogP contribution is -2.23. The first-order valence-corrected chi connectivity index (χ1v) is 10.7. The van der Waals surface area contributed by atoms with E-state index in [4.69, 9.17) is 0 Å². The molecule has 0 saturated heterocycles. The van der Waals surface area contributed by atoms with Gasteiger partial charge in [0.05, 0.1) is 6.54 Å². The first-order chi connectivity index (χ1) is 14.8. The molecule has 0 spiro atoms. The van der Waals surface area contributed by atoms with Gasteiger partial charge in [0.2, 0.25) is 17.7 Å². The van der Waals surface area contributed by atoms with Crippen LogP contribution in [0.3, 0.4) is 0 Å². The normalized spacial score (nSPS) is 8.77. The Morgan fingerprint density at radius 1 is 0.645 bits per heavy atom. The second-order valence-corrected chi connectivity index (χ2v) is 6.67. The third kappa shape index (κ3) is 29.3. The van der Waals surface area contributed by atoms with E-state index in [-0.39, 0.29) is 23.6 Å². The van der Waals surface area contributed by atoms with Crippen molar-refractivity contribution in [2.24, 2.45) is 0 Å². The molecule has 0 bridgehead atoms. The molecule has 8 nitrogen and oxygen atoms in total. The summed E-state index contributed by atoms with van der Waals surface area (Å²) in [7, 11) is 0. The molecule has 0 radical (unpaired) electrons. The van der Waals surface area contributed by atoms with Crippen LogP contribution in [0.15, 0.2) is 0 Å². The molecule has 0 aromatic rings. The van der Waals surface area contributed by atoms with Gasteiger partial charge in [0.25, 0.3) is 5.91 Å². The zero-order valence-corrected chi connectivity index (χ0v) is 19.4. The Balaban J connectivity index is 0. The highest BCUT2D eigenvalue weighted by atomic mass is 16.2. The summed E-state index contributed by atoms with van der Waals surface area (Å²) in [6.45, 7) is 8.86. The molecular formula is C23H38N4O4. The standard InChI is InChI=1S/C12H20N2O2.C11H18N2O2/c1-3-4-9-14-12(16)8-6-5-7-10-13-11(2)15;1-3-7-11(15)13-9-6-4-5-8-12-10(2)14/h5-10H2,1-2H3,(H,13,15)(H,14,16);4-6,8-9H2,1-2H3,(H,12,14)(H,13,15). The van der Waals surface area contributed by atoms with Gasteiger partial charge in [-0.25, -0.2) is 0 Å². The van der Waals surface area contributed by atoms with E-state index in [1.807, 2.05) is 0 Å². The highest BCUT2D eigenvalue weighted by molar-refractivity contribution is 5.93. The molecule has 0 aromatic carbocycles. The lowest BCUT2D eigenvalue weighted by molar-refractivity contribution is -0.121. The molecule has 0 unspecified atom stereocenters. The van der Waals surface area contributed by atoms with Gasteiger partial charge in [0.15, 0.2) is 0 Å². The minimum Gasteiger partial charge on any atom is -0.356 e. The Kier molecular flexibility index (Phi) is 22.7. The summed E-state index contributed by atoms with van der Waals surface area (Å²) in [5.74, 6) is 10.2. The van der Waals surface area contributed by atoms with Crippen LogP contribution in [0, 0.1) is 23.7 Å². The monoisotopic (exact) mass is 434 g/mol. The number of hydrogen-bond acceptors (Lipinski definition) is 4. The number of carbonyl (C=O) groups is 4. The van der Waals surface area contributed by atoms with Crippen LogP contribution in [0.25, 0.3) is 0 Å². The number of nitrogens with one attached hydrogen (secondary N) is 4. The van der Waals surface area contributed by atoms with Gasteiger partial charge in [-0.1, -0.05) is 18.3 Å². The van der Waals surface area contributed by atoms with E-state index in [1.165, 1.54) is 13.8 Å². The molecule has 0 saturated carbocycles. The maximum absolute atomic E-state index is 11.2. The quantitative estimate of drug-likeness (QED) is 0.258. The molecule has 0 rings (SSSR count). The van der Waals surface area contributed by atoms with Crippen molar-refractivity contribution in [3.63, 3.8) is 0 Å². The summed E-state index contributed by atoms with van der Waals surface area (Å²) in [5.41, 5.74) is 0. The van der Waals surface area contributed by atoms with Gasteiger partial charge in [-0.15, -0.1) is 5.92 Å². The molecule has 8 heteroatoms. The Hall–Kier alpha value is -3.00. The Morgan fingerprint density at radius 3 is 1.65 bits per heavy atom. The fourth-order valence-corrected chi connectivity index (χ4v) is 2.22. The topological polar surface area (TPSA) is 116 Å². The summed E-state index contributed by atoms with van der Waals surface area (Å²) in [4.78, 5) is 43.1. The molecule has 0 aliphatic rings. The summed E-state index contributed by atoms with van der Waals surface area (Å²) in [5, 5.41) is 10.8. The molecular weight excluding hydrogens is 396 g/mol. The van der Waals surface area contributed by atoms with Crippen molar-refractivity contribution in [2.75, 3.05) is 26.2 Å². The van der Waals surface area contributed by atoms with E-state index >= 15 is 0 Å². The molecule has 0 aliphatic heterocycles. The minimum atomic E-state index is -0.223. The van der Waals surface area contributed by atoms with E-state index in [1.54, 1.807) is 13.8 Å². The van der Waals surface area contributed by atoms with Crippen molar-refractivity contribution in [1.29, 1.82) is 0 Å². The fraction of sp³-hybridized carbons (Fsp3) is 0.652.